The molecule has 0 spiro atoms. The molecular formula is C14H16N4S. The third kappa shape index (κ3) is 2.00. The Morgan fingerprint density at radius 1 is 1.32 bits per heavy atom. The molecule has 1 unspecified atom stereocenters. The summed E-state index contributed by atoms with van der Waals surface area (Å²) in [6, 6.07) is 6.05. The molecule has 3 aromatic rings. The molecule has 5 heteroatoms. The number of nitrogens with zero attached hydrogens (tertiary/aromatic N) is 3. The van der Waals surface area contributed by atoms with Crippen molar-refractivity contribution >= 4 is 28.1 Å². The molecule has 98 valence electrons. The summed E-state index contributed by atoms with van der Waals surface area (Å²) < 4.78 is 2.22. The summed E-state index contributed by atoms with van der Waals surface area (Å²) in [7, 11) is 0. The minimum absolute atomic E-state index is 0.187. The molecule has 0 aliphatic carbocycles. The van der Waals surface area contributed by atoms with Gasteiger partial charge in [0.05, 0.1) is 17.1 Å². The van der Waals surface area contributed by atoms with Crippen LogP contribution in [0, 0.1) is 13.8 Å². The van der Waals surface area contributed by atoms with Crippen LogP contribution >= 0.6 is 11.3 Å². The molecule has 1 aromatic carbocycles. The van der Waals surface area contributed by atoms with Gasteiger partial charge < -0.3 is 10.3 Å². The normalized spacial score (nSPS) is 13.0. The fourth-order valence-electron chi connectivity index (χ4n) is 2.40. The number of fused-ring (bicyclic) bond motifs is 1. The highest BCUT2D eigenvalue weighted by Gasteiger charge is 2.17. The van der Waals surface area contributed by atoms with Gasteiger partial charge >= 0.3 is 0 Å². The highest BCUT2D eigenvalue weighted by Crippen LogP contribution is 2.28. The number of nitrogen functional groups attached to an aromatic ring is 1. The second-order valence-corrected chi connectivity index (χ2v) is 6.03. The van der Waals surface area contributed by atoms with E-state index in [1.165, 1.54) is 4.88 Å². The van der Waals surface area contributed by atoms with E-state index in [1.807, 2.05) is 31.3 Å². The van der Waals surface area contributed by atoms with Gasteiger partial charge in [-0.05, 0) is 39.0 Å². The maximum absolute atomic E-state index is 5.81. The lowest BCUT2D eigenvalue weighted by atomic mass is 10.2. The molecule has 0 bridgehead atoms. The van der Waals surface area contributed by atoms with Gasteiger partial charge in [0.2, 0.25) is 0 Å². The van der Waals surface area contributed by atoms with Crippen molar-refractivity contribution in [2.45, 2.75) is 26.8 Å². The predicted octanol–water partition coefficient (Wildman–Crippen LogP) is 3.30. The van der Waals surface area contributed by atoms with Crippen molar-refractivity contribution in [1.82, 2.24) is 14.5 Å². The number of aromatic nitrogens is 3. The van der Waals surface area contributed by atoms with Gasteiger partial charge in [0.25, 0.3) is 0 Å². The molecule has 1 atom stereocenters. The standard InChI is InChI=1S/C14H16N4S/c1-8-7-16-14(19-8)9(2)18-10(3)17-12-6-11(15)4-5-13(12)18/h4-7,9H,15H2,1-3H3. The van der Waals surface area contributed by atoms with Gasteiger partial charge in [-0.25, -0.2) is 9.97 Å². The largest absolute Gasteiger partial charge is 0.399 e. The van der Waals surface area contributed by atoms with Gasteiger partial charge in [-0.3, -0.25) is 0 Å². The molecule has 3 rings (SSSR count). The van der Waals surface area contributed by atoms with E-state index in [2.05, 4.69) is 28.4 Å². The molecule has 0 aliphatic heterocycles. The SMILES string of the molecule is Cc1cnc(C(C)n2c(C)nc3cc(N)ccc32)s1. The van der Waals surface area contributed by atoms with E-state index in [0.29, 0.717) is 0 Å². The van der Waals surface area contributed by atoms with Crippen molar-refractivity contribution < 1.29 is 0 Å². The van der Waals surface area contributed by atoms with Crippen LogP contribution in [0.3, 0.4) is 0 Å². The smallest absolute Gasteiger partial charge is 0.115 e. The van der Waals surface area contributed by atoms with Gasteiger partial charge in [0.15, 0.2) is 0 Å². The second-order valence-electron chi connectivity index (χ2n) is 4.76. The summed E-state index contributed by atoms with van der Waals surface area (Å²) in [5.41, 5.74) is 8.61. The minimum Gasteiger partial charge on any atom is -0.399 e. The topological polar surface area (TPSA) is 56.7 Å². The van der Waals surface area contributed by atoms with Crippen LogP contribution in [0.25, 0.3) is 11.0 Å². The zero-order chi connectivity index (χ0) is 13.6. The molecule has 2 aromatic heterocycles. The lowest BCUT2D eigenvalue weighted by molar-refractivity contribution is 0.633. The van der Waals surface area contributed by atoms with Gasteiger partial charge in [-0.2, -0.15) is 0 Å². The number of anilines is 1. The Bertz CT molecular complexity index is 741. The van der Waals surface area contributed by atoms with Crippen LogP contribution in [0.1, 0.15) is 28.7 Å². The van der Waals surface area contributed by atoms with Crippen LogP contribution in [0.15, 0.2) is 24.4 Å². The maximum Gasteiger partial charge on any atom is 0.115 e. The van der Waals surface area contributed by atoms with Crippen LogP contribution < -0.4 is 5.73 Å². The molecule has 2 N–H and O–H groups in total. The Hall–Kier alpha value is -1.88. The monoisotopic (exact) mass is 272 g/mol. The summed E-state index contributed by atoms with van der Waals surface area (Å²) in [6.45, 7) is 6.25. The van der Waals surface area contributed by atoms with Crippen molar-refractivity contribution in [3.63, 3.8) is 0 Å². The molecule has 0 amide bonds. The Morgan fingerprint density at radius 2 is 2.11 bits per heavy atom. The first-order valence-corrected chi connectivity index (χ1v) is 7.04. The van der Waals surface area contributed by atoms with E-state index >= 15 is 0 Å². The lowest BCUT2D eigenvalue weighted by Crippen LogP contribution is -2.08. The van der Waals surface area contributed by atoms with E-state index in [4.69, 9.17) is 5.73 Å². The average Bonchev–Trinajstić information content (AvgIpc) is 2.91. The Kier molecular flexibility index (Phi) is 2.78. The third-order valence-corrected chi connectivity index (χ3v) is 4.36. The van der Waals surface area contributed by atoms with Gasteiger partial charge in [-0.1, -0.05) is 0 Å². The molecule has 0 aliphatic rings. The van der Waals surface area contributed by atoms with E-state index < -0.39 is 0 Å². The fraction of sp³-hybridized carbons (Fsp3) is 0.286. The summed E-state index contributed by atoms with van der Waals surface area (Å²) >= 11 is 1.73. The lowest BCUT2D eigenvalue weighted by Gasteiger charge is -2.13. The summed E-state index contributed by atoms with van der Waals surface area (Å²) in [6.07, 6.45) is 1.92. The Morgan fingerprint density at radius 3 is 2.79 bits per heavy atom. The minimum atomic E-state index is 0.187. The van der Waals surface area contributed by atoms with Gasteiger partial charge in [-0.15, -0.1) is 11.3 Å². The number of hydrogen-bond donors (Lipinski definition) is 1. The number of rotatable bonds is 2. The summed E-state index contributed by atoms with van der Waals surface area (Å²) in [5.74, 6) is 0.987. The van der Waals surface area contributed by atoms with Gasteiger partial charge in [0.1, 0.15) is 10.8 Å². The first kappa shape index (κ1) is 12.2. The average molecular weight is 272 g/mol. The third-order valence-electron chi connectivity index (χ3n) is 3.27. The fourth-order valence-corrected chi connectivity index (χ4v) is 3.22. The van der Waals surface area contributed by atoms with E-state index in [9.17, 15) is 0 Å². The van der Waals surface area contributed by atoms with Crippen molar-refractivity contribution in [2.24, 2.45) is 0 Å². The summed E-state index contributed by atoms with van der Waals surface area (Å²) in [4.78, 5) is 10.3. The molecule has 0 radical (unpaired) electrons. The first-order chi connectivity index (χ1) is 9.06. The van der Waals surface area contributed by atoms with E-state index in [0.717, 1.165) is 27.6 Å². The van der Waals surface area contributed by atoms with Crippen molar-refractivity contribution in [3.8, 4) is 0 Å². The highest BCUT2D eigenvalue weighted by molar-refractivity contribution is 7.11. The Balaban J connectivity index is 2.16. The number of imidazole rings is 1. The molecular weight excluding hydrogens is 256 g/mol. The van der Waals surface area contributed by atoms with Crippen LogP contribution in [-0.4, -0.2) is 14.5 Å². The zero-order valence-corrected chi connectivity index (χ0v) is 12.0. The Labute approximate surface area is 115 Å². The van der Waals surface area contributed by atoms with Crippen LogP contribution in [-0.2, 0) is 0 Å². The maximum atomic E-state index is 5.81. The van der Waals surface area contributed by atoms with Crippen LogP contribution in [0.4, 0.5) is 5.69 Å². The van der Waals surface area contributed by atoms with Gasteiger partial charge in [0, 0.05) is 16.8 Å². The predicted molar refractivity (Wildman–Crippen MR) is 79.5 cm³/mol. The number of benzene rings is 1. The van der Waals surface area contributed by atoms with Crippen molar-refractivity contribution in [1.29, 1.82) is 0 Å². The van der Waals surface area contributed by atoms with E-state index in [1.54, 1.807) is 11.3 Å². The molecule has 0 fully saturated rings. The van der Waals surface area contributed by atoms with Crippen LogP contribution in [0.5, 0.6) is 0 Å². The van der Waals surface area contributed by atoms with Crippen molar-refractivity contribution in [2.75, 3.05) is 5.73 Å². The number of hydrogen-bond acceptors (Lipinski definition) is 4. The molecule has 19 heavy (non-hydrogen) atoms. The summed E-state index contributed by atoms with van der Waals surface area (Å²) in [5, 5.41) is 1.11. The molecule has 0 saturated heterocycles. The van der Waals surface area contributed by atoms with E-state index in [-0.39, 0.29) is 6.04 Å². The quantitative estimate of drug-likeness (QED) is 0.728. The molecule has 4 nitrogen and oxygen atoms in total. The first-order valence-electron chi connectivity index (χ1n) is 6.22. The highest BCUT2D eigenvalue weighted by atomic mass is 32.1. The van der Waals surface area contributed by atoms with Crippen molar-refractivity contribution in [3.05, 3.63) is 40.1 Å². The zero-order valence-electron chi connectivity index (χ0n) is 11.2. The molecule has 2 heterocycles. The second kappa shape index (κ2) is 4.35. The molecule has 0 saturated carbocycles. The number of thiazole rings is 1. The number of nitrogens with two attached hydrogens (primary N) is 1. The number of aryl methyl sites for hydroxylation is 2. The van der Waals surface area contributed by atoms with Crippen LogP contribution in [0.2, 0.25) is 0 Å².